The quantitative estimate of drug-likeness (QED) is 0.701. The number of aliphatic hydroxyl groups excluding tert-OH is 1. The summed E-state index contributed by atoms with van der Waals surface area (Å²) in [5.41, 5.74) is 0.164. The smallest absolute Gasteiger partial charge is 0.273 e. The monoisotopic (exact) mass is 392 g/mol. The van der Waals surface area contributed by atoms with Gasteiger partial charge in [-0.25, -0.2) is 8.78 Å². The normalized spacial score (nSPS) is 14.6. The van der Waals surface area contributed by atoms with E-state index in [1.165, 1.54) is 18.5 Å². The second-order valence-electron chi connectivity index (χ2n) is 6.25. The first kappa shape index (κ1) is 19.6. The molecule has 1 atom stereocenters. The van der Waals surface area contributed by atoms with E-state index in [0.29, 0.717) is 0 Å². The number of rotatable bonds is 4. The second-order valence-corrected chi connectivity index (χ2v) is 6.25. The number of nitrogens with zero attached hydrogens (tertiary/aromatic N) is 3. The number of carbonyl (C=O) groups excluding carboxylic acids is 1. The van der Waals surface area contributed by atoms with Gasteiger partial charge in [0.2, 0.25) is 12.3 Å². The minimum Gasteiger partial charge on any atom is -0.425 e. The van der Waals surface area contributed by atoms with Crippen LogP contribution in [0.2, 0.25) is 0 Å². The van der Waals surface area contributed by atoms with Crippen molar-refractivity contribution in [2.75, 3.05) is 0 Å². The number of benzene rings is 1. The Bertz CT molecular complexity index is 924. The van der Waals surface area contributed by atoms with Crippen LogP contribution in [0.25, 0.3) is 11.3 Å². The van der Waals surface area contributed by atoms with Crippen molar-refractivity contribution in [3.8, 4) is 11.3 Å². The van der Waals surface area contributed by atoms with E-state index in [9.17, 15) is 13.6 Å². The Hall–Kier alpha value is -3.14. The summed E-state index contributed by atoms with van der Waals surface area (Å²) in [5, 5.41) is 22.0. The molecule has 10 heteroatoms. The van der Waals surface area contributed by atoms with Gasteiger partial charge in [0.05, 0.1) is 5.56 Å². The molecule has 4 rings (SSSR count). The van der Waals surface area contributed by atoms with Crippen molar-refractivity contribution in [2.24, 2.45) is 0 Å². The van der Waals surface area contributed by atoms with E-state index in [0.717, 1.165) is 31.4 Å². The molecule has 3 aromatic rings. The molecule has 0 saturated heterocycles. The molecule has 1 saturated carbocycles. The summed E-state index contributed by atoms with van der Waals surface area (Å²) in [4.78, 5) is 11.8. The molecule has 0 aliphatic heterocycles. The SMILES string of the molecule is CC(O)c1nnco1.O=C(NC1CCC1)c1cc(-c2ccc(F)cc2F)on1. The van der Waals surface area contributed by atoms with E-state index in [2.05, 4.69) is 25.1 Å². The summed E-state index contributed by atoms with van der Waals surface area (Å²) in [7, 11) is 0. The van der Waals surface area contributed by atoms with Gasteiger partial charge in [-0.1, -0.05) is 5.16 Å². The third-order valence-electron chi connectivity index (χ3n) is 4.11. The van der Waals surface area contributed by atoms with Crippen molar-refractivity contribution >= 4 is 5.91 Å². The largest absolute Gasteiger partial charge is 0.425 e. The summed E-state index contributed by atoms with van der Waals surface area (Å²) in [6, 6.07) is 4.66. The first-order valence-electron chi connectivity index (χ1n) is 8.61. The third-order valence-corrected chi connectivity index (χ3v) is 4.11. The number of amides is 1. The Morgan fingerprint density at radius 1 is 1.32 bits per heavy atom. The molecule has 1 amide bonds. The average Bonchev–Trinajstić information content (AvgIpc) is 3.30. The van der Waals surface area contributed by atoms with Crippen molar-refractivity contribution in [3.63, 3.8) is 0 Å². The molecule has 2 aromatic heterocycles. The predicted molar refractivity (Wildman–Crippen MR) is 91.9 cm³/mol. The number of aromatic nitrogens is 3. The molecular weight excluding hydrogens is 374 g/mol. The zero-order valence-corrected chi connectivity index (χ0v) is 14.9. The second kappa shape index (κ2) is 8.70. The van der Waals surface area contributed by atoms with Crippen LogP contribution < -0.4 is 5.32 Å². The Kier molecular flexibility index (Phi) is 6.09. The van der Waals surface area contributed by atoms with E-state index in [4.69, 9.17) is 9.63 Å². The molecule has 28 heavy (non-hydrogen) atoms. The predicted octanol–water partition coefficient (Wildman–Crippen LogP) is 3.03. The molecule has 148 valence electrons. The fourth-order valence-electron chi connectivity index (χ4n) is 2.37. The van der Waals surface area contributed by atoms with Crippen LogP contribution in [-0.2, 0) is 0 Å². The highest BCUT2D eigenvalue weighted by atomic mass is 19.1. The van der Waals surface area contributed by atoms with E-state index >= 15 is 0 Å². The molecule has 1 unspecified atom stereocenters. The van der Waals surface area contributed by atoms with E-state index in [1.54, 1.807) is 6.92 Å². The number of hydrogen-bond acceptors (Lipinski definition) is 7. The van der Waals surface area contributed by atoms with Gasteiger partial charge in [-0.05, 0) is 38.3 Å². The van der Waals surface area contributed by atoms with Crippen LogP contribution in [0.5, 0.6) is 0 Å². The molecule has 1 fully saturated rings. The van der Waals surface area contributed by atoms with Crippen LogP contribution in [0.15, 0.2) is 39.6 Å². The minimum absolute atomic E-state index is 0.0709. The van der Waals surface area contributed by atoms with Crippen molar-refractivity contribution < 1.29 is 27.6 Å². The summed E-state index contributed by atoms with van der Waals surface area (Å²) < 4.78 is 36.0. The lowest BCUT2D eigenvalue weighted by molar-refractivity contribution is 0.0908. The molecule has 1 aliphatic carbocycles. The number of hydrogen-bond donors (Lipinski definition) is 2. The zero-order chi connectivity index (χ0) is 20.1. The van der Waals surface area contributed by atoms with Crippen LogP contribution in [0.3, 0.4) is 0 Å². The molecule has 1 aliphatic rings. The van der Waals surface area contributed by atoms with Gasteiger partial charge in [-0.15, -0.1) is 10.2 Å². The van der Waals surface area contributed by atoms with Crippen molar-refractivity contribution in [1.29, 1.82) is 0 Å². The Morgan fingerprint density at radius 3 is 2.64 bits per heavy atom. The van der Waals surface area contributed by atoms with Gasteiger partial charge in [0.15, 0.2) is 11.5 Å². The fraction of sp³-hybridized carbons (Fsp3) is 0.333. The minimum atomic E-state index is -0.757. The highest BCUT2D eigenvalue weighted by Crippen LogP contribution is 2.24. The van der Waals surface area contributed by atoms with Crippen LogP contribution in [0, 0.1) is 11.6 Å². The number of nitrogens with one attached hydrogen (secondary N) is 1. The lowest BCUT2D eigenvalue weighted by Gasteiger charge is -2.25. The fourth-order valence-corrected chi connectivity index (χ4v) is 2.37. The summed E-state index contributed by atoms with van der Waals surface area (Å²) in [6.45, 7) is 1.56. The van der Waals surface area contributed by atoms with Gasteiger partial charge in [0.25, 0.3) is 5.91 Å². The molecule has 0 radical (unpaired) electrons. The average molecular weight is 392 g/mol. The molecule has 8 nitrogen and oxygen atoms in total. The highest BCUT2D eigenvalue weighted by Gasteiger charge is 2.22. The number of halogens is 2. The number of carbonyl (C=O) groups is 1. The first-order chi connectivity index (χ1) is 13.4. The first-order valence-corrected chi connectivity index (χ1v) is 8.61. The maximum atomic E-state index is 13.6. The maximum Gasteiger partial charge on any atom is 0.273 e. The lowest BCUT2D eigenvalue weighted by atomic mass is 9.93. The van der Waals surface area contributed by atoms with Gasteiger partial charge in [0, 0.05) is 18.2 Å². The van der Waals surface area contributed by atoms with Crippen LogP contribution in [0.1, 0.15) is 48.7 Å². The molecule has 1 aromatic carbocycles. The summed E-state index contributed by atoms with van der Waals surface area (Å²) in [5.74, 6) is -1.42. The standard InChI is InChI=1S/C14H12F2N2O2.C4H6N2O2/c15-8-4-5-10(11(16)6-8)13-7-12(18-20-13)14(19)17-9-2-1-3-9;1-3(7)4-6-5-2-8-4/h4-7,9H,1-3H2,(H,17,19);2-3,7H,1H3. The van der Waals surface area contributed by atoms with Crippen molar-refractivity contribution in [1.82, 2.24) is 20.7 Å². The molecule has 0 spiro atoms. The van der Waals surface area contributed by atoms with Crippen LogP contribution in [0.4, 0.5) is 8.78 Å². The van der Waals surface area contributed by atoms with Gasteiger partial charge < -0.3 is 19.4 Å². The van der Waals surface area contributed by atoms with Gasteiger partial charge in [0.1, 0.15) is 17.7 Å². The topological polar surface area (TPSA) is 114 Å². The lowest BCUT2D eigenvalue weighted by Crippen LogP contribution is -2.39. The zero-order valence-electron chi connectivity index (χ0n) is 14.9. The molecule has 2 heterocycles. The maximum absolute atomic E-state index is 13.6. The number of aliphatic hydroxyl groups is 1. The van der Waals surface area contributed by atoms with Gasteiger partial charge >= 0.3 is 0 Å². The Morgan fingerprint density at radius 2 is 2.11 bits per heavy atom. The summed E-state index contributed by atoms with van der Waals surface area (Å²) >= 11 is 0. The van der Waals surface area contributed by atoms with E-state index in [-0.39, 0.29) is 34.9 Å². The molecule has 2 N–H and O–H groups in total. The van der Waals surface area contributed by atoms with Crippen LogP contribution in [-0.4, -0.2) is 32.4 Å². The highest BCUT2D eigenvalue weighted by molar-refractivity contribution is 5.93. The molecule has 0 bridgehead atoms. The van der Waals surface area contributed by atoms with E-state index < -0.39 is 17.7 Å². The van der Waals surface area contributed by atoms with Crippen molar-refractivity contribution in [2.45, 2.75) is 38.3 Å². The summed E-state index contributed by atoms with van der Waals surface area (Å²) in [6.07, 6.45) is 3.56. The third kappa shape index (κ3) is 4.77. The van der Waals surface area contributed by atoms with Crippen molar-refractivity contribution in [3.05, 3.63) is 53.9 Å². The van der Waals surface area contributed by atoms with Gasteiger partial charge in [-0.2, -0.15) is 0 Å². The van der Waals surface area contributed by atoms with Gasteiger partial charge in [-0.3, -0.25) is 4.79 Å². The van der Waals surface area contributed by atoms with E-state index in [1.807, 2.05) is 0 Å². The Labute approximate surface area is 158 Å². The van der Waals surface area contributed by atoms with Crippen LogP contribution >= 0.6 is 0 Å². The Balaban J connectivity index is 0.000000236. The molecular formula is C18H18F2N4O4.